The van der Waals surface area contributed by atoms with Crippen LogP contribution in [0.2, 0.25) is 0 Å². The number of benzene rings is 7. The molecule has 7 aromatic carbocycles. The molecule has 3 nitrogen and oxygen atoms in total. The topological polar surface area (TPSA) is 29.0 Å². The minimum absolute atomic E-state index is 0.281. The molecular formula is C47H33N3S. The summed E-state index contributed by atoms with van der Waals surface area (Å²) in [5, 5.41) is 5.13. The highest BCUT2D eigenvalue weighted by molar-refractivity contribution is 7.26. The summed E-state index contributed by atoms with van der Waals surface area (Å²) >= 11 is 1.87. The van der Waals surface area contributed by atoms with Gasteiger partial charge in [-0.15, -0.1) is 11.3 Å². The first kappa shape index (κ1) is 29.8. The molecule has 0 amide bonds. The summed E-state index contributed by atoms with van der Waals surface area (Å²) in [6, 6.07) is 58.4. The summed E-state index contributed by atoms with van der Waals surface area (Å²) in [4.78, 5) is 13.3. The molecule has 3 heterocycles. The lowest BCUT2D eigenvalue weighted by molar-refractivity contribution is 0.638. The molecule has 4 heteroatoms. The number of thiophene rings is 1. The molecule has 1 aliphatic heterocycles. The van der Waals surface area contributed by atoms with Gasteiger partial charge in [0, 0.05) is 32.0 Å². The molecule has 0 fully saturated rings. The van der Waals surface area contributed by atoms with Crippen LogP contribution in [-0.2, 0) is 5.41 Å². The molecule has 9 aromatic rings. The number of anilines is 3. The zero-order chi connectivity index (χ0) is 34.1. The van der Waals surface area contributed by atoms with Gasteiger partial charge in [0.25, 0.3) is 0 Å². The number of rotatable bonds is 4. The fourth-order valence-corrected chi connectivity index (χ4v) is 9.33. The van der Waals surface area contributed by atoms with Crippen LogP contribution in [0.5, 0.6) is 0 Å². The number of nitrogens with zero attached hydrogens (tertiary/aromatic N) is 3. The molecule has 0 saturated carbocycles. The third-order valence-electron chi connectivity index (χ3n) is 10.4. The Morgan fingerprint density at radius 1 is 0.510 bits per heavy atom. The van der Waals surface area contributed by atoms with Crippen LogP contribution in [-0.4, -0.2) is 9.97 Å². The van der Waals surface area contributed by atoms with Crippen molar-refractivity contribution in [2.75, 3.05) is 4.90 Å². The van der Waals surface area contributed by atoms with Crippen molar-refractivity contribution in [2.24, 2.45) is 0 Å². The zero-order valence-electron chi connectivity index (χ0n) is 28.3. The van der Waals surface area contributed by atoms with Crippen LogP contribution in [0.15, 0.2) is 164 Å². The zero-order valence-corrected chi connectivity index (χ0v) is 29.2. The van der Waals surface area contributed by atoms with Crippen LogP contribution >= 0.6 is 11.3 Å². The average Bonchev–Trinajstić information content (AvgIpc) is 3.59. The minimum atomic E-state index is -0.281. The van der Waals surface area contributed by atoms with Gasteiger partial charge in [0.2, 0.25) is 5.95 Å². The Labute approximate surface area is 301 Å². The molecule has 0 radical (unpaired) electrons. The summed E-state index contributed by atoms with van der Waals surface area (Å²) in [5.41, 5.74) is 10.8. The average molecular weight is 672 g/mol. The van der Waals surface area contributed by atoms with Crippen molar-refractivity contribution in [1.29, 1.82) is 0 Å². The largest absolute Gasteiger partial charge is 0.277 e. The van der Waals surface area contributed by atoms with Crippen molar-refractivity contribution in [2.45, 2.75) is 19.3 Å². The molecule has 0 unspecified atom stereocenters. The van der Waals surface area contributed by atoms with Crippen LogP contribution in [0.25, 0.3) is 64.6 Å². The number of fused-ring (bicyclic) bond motifs is 9. The first-order chi connectivity index (χ1) is 25.1. The van der Waals surface area contributed by atoms with E-state index in [1.54, 1.807) is 0 Å². The Balaban J connectivity index is 1.32. The van der Waals surface area contributed by atoms with E-state index >= 15 is 0 Å². The Hall–Kier alpha value is -6.10. The van der Waals surface area contributed by atoms with Gasteiger partial charge in [0.1, 0.15) is 0 Å². The van der Waals surface area contributed by atoms with E-state index in [0.29, 0.717) is 5.95 Å². The lowest BCUT2D eigenvalue weighted by Crippen LogP contribution is -2.32. The third kappa shape index (κ3) is 4.64. The van der Waals surface area contributed by atoms with E-state index in [0.717, 1.165) is 33.8 Å². The monoisotopic (exact) mass is 671 g/mol. The van der Waals surface area contributed by atoms with Crippen molar-refractivity contribution in [1.82, 2.24) is 9.97 Å². The predicted octanol–water partition coefficient (Wildman–Crippen LogP) is 13.1. The lowest BCUT2D eigenvalue weighted by atomic mass is 9.71. The van der Waals surface area contributed by atoms with Crippen molar-refractivity contribution < 1.29 is 0 Å². The maximum absolute atomic E-state index is 5.49. The quantitative estimate of drug-likeness (QED) is 0.186. The molecule has 0 bridgehead atoms. The van der Waals surface area contributed by atoms with E-state index in [1.165, 1.54) is 53.3 Å². The third-order valence-corrected chi connectivity index (χ3v) is 11.6. The standard InChI is InChI=1S/C47H33N3S/c1-47(2)37-25-12-13-26-40(37)50(44-43(47)35-23-10-9-22-34(35)42-36-24-11-14-27-41(36)51-45(42)44)46-48-38(31-18-7-4-8-19-31)29-39(49-46)33-21-15-20-32(28-33)30-16-5-3-6-17-30/h3-29H,1-2H3. The molecule has 10 rings (SSSR count). The van der Waals surface area contributed by atoms with Crippen LogP contribution < -0.4 is 4.90 Å². The second-order valence-electron chi connectivity index (χ2n) is 13.8. The van der Waals surface area contributed by atoms with Gasteiger partial charge in [-0.3, -0.25) is 4.90 Å². The van der Waals surface area contributed by atoms with Crippen molar-refractivity contribution in [3.05, 3.63) is 175 Å². The molecule has 0 atom stereocenters. The van der Waals surface area contributed by atoms with Crippen LogP contribution in [0.1, 0.15) is 25.0 Å². The van der Waals surface area contributed by atoms with Gasteiger partial charge >= 0.3 is 0 Å². The fourth-order valence-electron chi connectivity index (χ4n) is 8.07. The van der Waals surface area contributed by atoms with Crippen molar-refractivity contribution in [3.63, 3.8) is 0 Å². The van der Waals surface area contributed by atoms with E-state index in [-0.39, 0.29) is 5.41 Å². The number of hydrogen-bond acceptors (Lipinski definition) is 4. The summed E-state index contributed by atoms with van der Waals surface area (Å²) in [6.45, 7) is 4.74. The predicted molar refractivity (Wildman–Crippen MR) is 216 cm³/mol. The van der Waals surface area contributed by atoms with Crippen LogP contribution in [0.4, 0.5) is 17.3 Å². The Morgan fingerprint density at radius 2 is 1.10 bits per heavy atom. The van der Waals surface area contributed by atoms with Gasteiger partial charge in [-0.25, -0.2) is 9.97 Å². The van der Waals surface area contributed by atoms with Gasteiger partial charge < -0.3 is 0 Å². The summed E-state index contributed by atoms with van der Waals surface area (Å²) in [7, 11) is 0. The highest BCUT2D eigenvalue weighted by atomic mass is 32.1. The molecule has 0 aliphatic carbocycles. The van der Waals surface area contributed by atoms with Gasteiger partial charge in [-0.2, -0.15) is 0 Å². The first-order valence-corrected chi connectivity index (χ1v) is 18.2. The summed E-state index contributed by atoms with van der Waals surface area (Å²) in [5.74, 6) is 0.662. The highest BCUT2D eigenvalue weighted by Crippen LogP contribution is 2.58. The maximum atomic E-state index is 5.49. The van der Waals surface area contributed by atoms with Gasteiger partial charge in [0.05, 0.1) is 27.5 Å². The van der Waals surface area contributed by atoms with E-state index in [4.69, 9.17) is 9.97 Å². The molecule has 0 spiro atoms. The van der Waals surface area contributed by atoms with E-state index in [1.807, 2.05) is 11.3 Å². The maximum Gasteiger partial charge on any atom is 0.235 e. The Morgan fingerprint density at radius 3 is 1.88 bits per heavy atom. The second-order valence-corrected chi connectivity index (χ2v) is 14.9. The molecule has 0 N–H and O–H groups in total. The SMILES string of the molecule is CC1(C)c2ccccc2N(c2nc(-c3ccccc3)cc(-c3cccc(-c4ccccc4)c3)n2)c2c1c1ccccc1c1c2sc2ccccc21. The Kier molecular flexibility index (Phi) is 6.70. The molecule has 242 valence electrons. The van der Waals surface area contributed by atoms with Gasteiger partial charge in [0.15, 0.2) is 0 Å². The Bertz CT molecular complexity index is 2780. The van der Waals surface area contributed by atoms with Crippen molar-refractivity contribution >= 4 is 59.6 Å². The van der Waals surface area contributed by atoms with Crippen LogP contribution in [0.3, 0.4) is 0 Å². The van der Waals surface area contributed by atoms with Gasteiger partial charge in [-0.05, 0) is 57.3 Å². The highest BCUT2D eigenvalue weighted by Gasteiger charge is 2.41. The normalized spacial score (nSPS) is 13.4. The van der Waals surface area contributed by atoms with Crippen molar-refractivity contribution in [3.8, 4) is 33.6 Å². The lowest BCUT2D eigenvalue weighted by Gasteiger charge is -2.42. The summed E-state index contributed by atoms with van der Waals surface area (Å²) in [6.07, 6.45) is 0. The molecule has 2 aromatic heterocycles. The molecule has 51 heavy (non-hydrogen) atoms. The fraction of sp³-hybridized carbons (Fsp3) is 0.0638. The minimum Gasteiger partial charge on any atom is -0.277 e. The number of para-hydroxylation sites is 1. The number of aromatic nitrogens is 2. The second kappa shape index (κ2) is 11.5. The van der Waals surface area contributed by atoms with Gasteiger partial charge in [-0.1, -0.05) is 153 Å². The van der Waals surface area contributed by atoms with Crippen LogP contribution in [0, 0.1) is 0 Å². The van der Waals surface area contributed by atoms with E-state index in [9.17, 15) is 0 Å². The molecule has 1 aliphatic rings. The van der Waals surface area contributed by atoms with E-state index in [2.05, 4.69) is 183 Å². The molecule has 0 saturated heterocycles. The van der Waals surface area contributed by atoms with E-state index < -0.39 is 0 Å². The molecular weight excluding hydrogens is 639 g/mol. The first-order valence-electron chi connectivity index (χ1n) is 17.4. The summed E-state index contributed by atoms with van der Waals surface area (Å²) < 4.78 is 2.54. The number of hydrogen-bond donors (Lipinski definition) is 0. The smallest absolute Gasteiger partial charge is 0.235 e.